The van der Waals surface area contributed by atoms with Crippen LogP contribution in [0.25, 0.3) is 0 Å². The smallest absolute Gasteiger partial charge is 0.119 e. The first kappa shape index (κ1) is 13.4. The number of ether oxygens (including phenoxy) is 1. The molecule has 3 nitrogen and oxygen atoms in total. The Morgan fingerprint density at radius 2 is 2.28 bits per heavy atom. The Morgan fingerprint density at radius 3 is 3.06 bits per heavy atom. The third kappa shape index (κ3) is 3.47. The van der Waals surface area contributed by atoms with E-state index in [0.717, 1.165) is 18.7 Å². The third-order valence-corrected chi connectivity index (χ3v) is 3.77. The van der Waals surface area contributed by atoms with Crippen LogP contribution in [0.5, 0.6) is 5.75 Å². The molecule has 1 aromatic carbocycles. The lowest BCUT2D eigenvalue weighted by molar-refractivity contribution is 0.326. The number of rotatable bonds is 6. The standard InChI is InChI=1S/C15H24N2O/c1-18-15-6-4-5-13(11-15)14-7-10-17(12-14)9-3-2-8-16/h4-6,11,14H,2-3,7-10,12,16H2,1H3/t14-/m0/s1. The molecule has 0 bridgehead atoms. The van der Waals surface area contributed by atoms with Gasteiger partial charge in [0.1, 0.15) is 5.75 Å². The van der Waals surface area contributed by atoms with E-state index in [0.29, 0.717) is 5.92 Å². The lowest BCUT2D eigenvalue weighted by Crippen LogP contribution is -2.22. The van der Waals surface area contributed by atoms with Gasteiger partial charge in [-0.1, -0.05) is 12.1 Å². The highest BCUT2D eigenvalue weighted by molar-refractivity contribution is 5.31. The van der Waals surface area contributed by atoms with Crippen molar-refractivity contribution in [3.63, 3.8) is 0 Å². The number of likely N-dealkylation sites (tertiary alicyclic amines) is 1. The van der Waals surface area contributed by atoms with Crippen LogP contribution in [-0.2, 0) is 0 Å². The quantitative estimate of drug-likeness (QED) is 0.785. The maximum absolute atomic E-state index is 5.53. The Bertz CT molecular complexity index is 367. The summed E-state index contributed by atoms with van der Waals surface area (Å²) >= 11 is 0. The van der Waals surface area contributed by atoms with Crippen LogP contribution in [0.4, 0.5) is 0 Å². The Hall–Kier alpha value is -1.06. The van der Waals surface area contributed by atoms with Crippen LogP contribution < -0.4 is 10.5 Å². The number of benzene rings is 1. The van der Waals surface area contributed by atoms with Gasteiger partial charge in [0.05, 0.1) is 7.11 Å². The number of nitrogens with two attached hydrogens (primary N) is 1. The van der Waals surface area contributed by atoms with Gasteiger partial charge < -0.3 is 15.4 Å². The zero-order valence-corrected chi connectivity index (χ0v) is 11.3. The molecule has 0 amide bonds. The third-order valence-electron chi connectivity index (χ3n) is 3.77. The van der Waals surface area contributed by atoms with Crippen LogP contribution in [-0.4, -0.2) is 38.2 Å². The van der Waals surface area contributed by atoms with E-state index < -0.39 is 0 Å². The van der Waals surface area contributed by atoms with Crippen molar-refractivity contribution in [2.45, 2.75) is 25.2 Å². The molecule has 1 aliphatic rings. The van der Waals surface area contributed by atoms with Crippen molar-refractivity contribution in [2.24, 2.45) is 5.73 Å². The molecule has 0 aromatic heterocycles. The summed E-state index contributed by atoms with van der Waals surface area (Å²) < 4.78 is 5.29. The topological polar surface area (TPSA) is 38.5 Å². The molecular formula is C15H24N2O. The van der Waals surface area contributed by atoms with Gasteiger partial charge >= 0.3 is 0 Å². The van der Waals surface area contributed by atoms with Crippen molar-refractivity contribution in [1.82, 2.24) is 4.90 Å². The average Bonchev–Trinajstić information content (AvgIpc) is 2.88. The first-order chi connectivity index (χ1) is 8.83. The zero-order valence-electron chi connectivity index (χ0n) is 11.3. The van der Waals surface area contributed by atoms with Crippen LogP contribution in [0.3, 0.4) is 0 Å². The van der Waals surface area contributed by atoms with Gasteiger partial charge in [-0.2, -0.15) is 0 Å². The first-order valence-corrected chi connectivity index (χ1v) is 6.90. The average molecular weight is 248 g/mol. The first-order valence-electron chi connectivity index (χ1n) is 6.90. The fraction of sp³-hybridized carbons (Fsp3) is 0.600. The SMILES string of the molecule is COc1cccc([C@H]2CCN(CCCCN)C2)c1. The minimum absolute atomic E-state index is 0.665. The minimum atomic E-state index is 0.665. The lowest BCUT2D eigenvalue weighted by atomic mass is 9.98. The molecule has 1 aromatic rings. The van der Waals surface area contributed by atoms with Gasteiger partial charge in [0.15, 0.2) is 0 Å². The fourth-order valence-corrected chi connectivity index (χ4v) is 2.68. The van der Waals surface area contributed by atoms with Crippen molar-refractivity contribution in [2.75, 3.05) is 33.3 Å². The van der Waals surface area contributed by atoms with E-state index in [1.165, 1.54) is 38.0 Å². The lowest BCUT2D eigenvalue weighted by Gasteiger charge is -2.16. The Balaban J connectivity index is 1.87. The highest BCUT2D eigenvalue weighted by Crippen LogP contribution is 2.29. The molecule has 100 valence electrons. The van der Waals surface area contributed by atoms with Gasteiger partial charge in [0.2, 0.25) is 0 Å². The van der Waals surface area contributed by atoms with Gasteiger partial charge in [-0.25, -0.2) is 0 Å². The second kappa shape index (κ2) is 6.76. The number of hydrogen-bond donors (Lipinski definition) is 1. The monoisotopic (exact) mass is 248 g/mol. The summed E-state index contributed by atoms with van der Waals surface area (Å²) in [7, 11) is 1.73. The van der Waals surface area contributed by atoms with E-state index in [2.05, 4.69) is 23.1 Å². The predicted molar refractivity (Wildman–Crippen MR) is 75.1 cm³/mol. The molecule has 1 atom stereocenters. The van der Waals surface area contributed by atoms with Gasteiger partial charge in [0, 0.05) is 6.54 Å². The highest BCUT2D eigenvalue weighted by Gasteiger charge is 2.23. The minimum Gasteiger partial charge on any atom is -0.497 e. The zero-order chi connectivity index (χ0) is 12.8. The summed E-state index contributed by atoms with van der Waals surface area (Å²) in [6.45, 7) is 4.40. The maximum atomic E-state index is 5.53. The summed E-state index contributed by atoms with van der Waals surface area (Å²) in [5.41, 5.74) is 6.94. The van der Waals surface area contributed by atoms with Crippen LogP contribution in [0.1, 0.15) is 30.7 Å². The molecule has 0 unspecified atom stereocenters. The summed E-state index contributed by atoms with van der Waals surface area (Å²) in [5.74, 6) is 1.63. The van der Waals surface area contributed by atoms with Gasteiger partial charge in [0.25, 0.3) is 0 Å². The van der Waals surface area contributed by atoms with Crippen molar-refractivity contribution in [1.29, 1.82) is 0 Å². The van der Waals surface area contributed by atoms with E-state index >= 15 is 0 Å². The van der Waals surface area contributed by atoms with Crippen LogP contribution in [0.2, 0.25) is 0 Å². The molecule has 2 N–H and O–H groups in total. The molecule has 2 rings (SSSR count). The maximum Gasteiger partial charge on any atom is 0.119 e. The molecule has 18 heavy (non-hydrogen) atoms. The Labute approximate surface area is 110 Å². The molecule has 1 aliphatic heterocycles. The van der Waals surface area contributed by atoms with Crippen molar-refractivity contribution < 1.29 is 4.74 Å². The molecular weight excluding hydrogens is 224 g/mol. The molecule has 1 heterocycles. The highest BCUT2D eigenvalue weighted by atomic mass is 16.5. The molecule has 0 spiro atoms. The number of nitrogens with zero attached hydrogens (tertiary/aromatic N) is 1. The van der Waals surface area contributed by atoms with Crippen LogP contribution in [0.15, 0.2) is 24.3 Å². The van der Waals surface area contributed by atoms with E-state index in [-0.39, 0.29) is 0 Å². The van der Waals surface area contributed by atoms with E-state index in [9.17, 15) is 0 Å². The van der Waals surface area contributed by atoms with E-state index in [1.807, 2.05) is 6.07 Å². The Kier molecular flexibility index (Phi) is 5.02. The van der Waals surface area contributed by atoms with Crippen molar-refractivity contribution >= 4 is 0 Å². The van der Waals surface area contributed by atoms with Gasteiger partial charge in [-0.3, -0.25) is 0 Å². The van der Waals surface area contributed by atoms with E-state index in [1.54, 1.807) is 7.11 Å². The summed E-state index contributed by atoms with van der Waals surface area (Å²) in [6.07, 6.45) is 3.62. The van der Waals surface area contributed by atoms with Crippen molar-refractivity contribution in [3.05, 3.63) is 29.8 Å². The van der Waals surface area contributed by atoms with Crippen LogP contribution >= 0.6 is 0 Å². The predicted octanol–water partition coefficient (Wildman–Crippen LogP) is 2.22. The summed E-state index contributed by atoms with van der Waals surface area (Å²) in [5, 5.41) is 0. The summed E-state index contributed by atoms with van der Waals surface area (Å²) in [6, 6.07) is 8.49. The largest absolute Gasteiger partial charge is 0.497 e. The second-order valence-corrected chi connectivity index (χ2v) is 5.06. The Morgan fingerprint density at radius 1 is 1.39 bits per heavy atom. The van der Waals surface area contributed by atoms with Crippen LogP contribution in [0, 0.1) is 0 Å². The van der Waals surface area contributed by atoms with Gasteiger partial charge in [-0.15, -0.1) is 0 Å². The number of methoxy groups -OCH3 is 1. The molecule has 0 radical (unpaired) electrons. The second-order valence-electron chi connectivity index (χ2n) is 5.06. The summed E-state index contributed by atoms with van der Waals surface area (Å²) in [4.78, 5) is 2.56. The number of unbranched alkanes of at least 4 members (excludes halogenated alkanes) is 1. The molecule has 1 fully saturated rings. The number of hydrogen-bond acceptors (Lipinski definition) is 3. The van der Waals surface area contributed by atoms with Crippen molar-refractivity contribution in [3.8, 4) is 5.75 Å². The van der Waals surface area contributed by atoms with Gasteiger partial charge in [-0.05, 0) is 62.5 Å². The fourth-order valence-electron chi connectivity index (χ4n) is 2.68. The molecule has 3 heteroatoms. The molecule has 1 saturated heterocycles. The molecule has 0 saturated carbocycles. The normalized spacial score (nSPS) is 20.2. The van der Waals surface area contributed by atoms with E-state index in [4.69, 9.17) is 10.5 Å². The molecule has 0 aliphatic carbocycles.